The molecule has 5 unspecified atom stereocenters. The Bertz CT molecular complexity index is 675. The largest absolute Gasteiger partial charge is 0.480 e. The van der Waals surface area contributed by atoms with Gasteiger partial charge in [0.15, 0.2) is 0 Å². The van der Waals surface area contributed by atoms with E-state index < -0.39 is 66.3 Å². The number of aliphatic hydroxyl groups is 1. The molecule has 11 N–H and O–H groups in total. The Morgan fingerprint density at radius 3 is 2.00 bits per heavy atom. The summed E-state index contributed by atoms with van der Waals surface area (Å²) in [5.74, 6) is -4.73. The van der Waals surface area contributed by atoms with Crippen LogP contribution in [0.1, 0.15) is 52.4 Å². The summed E-state index contributed by atoms with van der Waals surface area (Å²) in [4.78, 5) is 60.0. The molecule has 0 aromatic rings. The molecule has 0 aliphatic heterocycles. The van der Waals surface area contributed by atoms with Crippen molar-refractivity contribution in [3.8, 4) is 0 Å². The number of hydrogen-bond donors (Lipinski definition) is 8. The minimum absolute atomic E-state index is 0.213. The molecule has 0 rings (SSSR count). The minimum Gasteiger partial charge on any atom is -0.480 e. The quantitative estimate of drug-likeness (QED) is 0.102. The van der Waals surface area contributed by atoms with Gasteiger partial charge in [0.1, 0.15) is 18.1 Å². The monoisotopic (exact) mass is 474 g/mol. The molecule has 0 aromatic carbocycles. The van der Waals surface area contributed by atoms with Gasteiger partial charge in [0.2, 0.25) is 23.6 Å². The summed E-state index contributed by atoms with van der Waals surface area (Å²) in [6.07, 6.45) is 1.66. The van der Waals surface area contributed by atoms with Crippen LogP contribution in [0.5, 0.6) is 0 Å². The maximum Gasteiger partial charge on any atom is 0.326 e. The lowest BCUT2D eigenvalue weighted by atomic mass is 9.97. The molecule has 0 heterocycles. The third-order valence-corrected chi connectivity index (χ3v) is 5.21. The lowest BCUT2D eigenvalue weighted by molar-refractivity contribution is -0.143. The number of hydrogen-bond acceptors (Lipinski definition) is 8. The van der Waals surface area contributed by atoms with Gasteiger partial charge in [-0.25, -0.2) is 4.79 Å². The van der Waals surface area contributed by atoms with Crippen molar-refractivity contribution in [3.05, 3.63) is 0 Å². The van der Waals surface area contributed by atoms with Crippen LogP contribution in [-0.2, 0) is 24.0 Å². The second kappa shape index (κ2) is 15.9. The summed E-state index contributed by atoms with van der Waals surface area (Å²) < 4.78 is 0. The molecule has 0 aromatic heterocycles. The Kier molecular flexibility index (Phi) is 14.6. The van der Waals surface area contributed by atoms with Gasteiger partial charge < -0.3 is 43.4 Å². The van der Waals surface area contributed by atoms with Gasteiger partial charge in [-0.15, -0.1) is 0 Å². The van der Waals surface area contributed by atoms with Crippen LogP contribution in [0.15, 0.2) is 0 Å². The Balaban J connectivity index is 5.23. The van der Waals surface area contributed by atoms with E-state index in [9.17, 15) is 34.2 Å². The van der Waals surface area contributed by atoms with Gasteiger partial charge in [-0.2, -0.15) is 0 Å². The number of nitrogens with two attached hydrogens (primary N) is 3. The summed E-state index contributed by atoms with van der Waals surface area (Å²) in [7, 11) is 0. The van der Waals surface area contributed by atoms with Gasteiger partial charge in [0.25, 0.3) is 0 Å². The van der Waals surface area contributed by atoms with Crippen LogP contribution in [-0.4, -0.2) is 77.1 Å². The molecule has 190 valence electrons. The number of aliphatic carboxylic acids is 1. The highest BCUT2D eigenvalue weighted by molar-refractivity contribution is 5.94. The van der Waals surface area contributed by atoms with Crippen molar-refractivity contribution in [2.45, 2.75) is 76.5 Å². The lowest BCUT2D eigenvalue weighted by Crippen LogP contribution is -2.59. The maximum absolute atomic E-state index is 12.7. The van der Waals surface area contributed by atoms with Crippen molar-refractivity contribution < 1.29 is 34.2 Å². The molecule has 4 amide bonds. The van der Waals surface area contributed by atoms with Crippen molar-refractivity contribution in [2.75, 3.05) is 13.2 Å². The zero-order chi connectivity index (χ0) is 25.6. The highest BCUT2D eigenvalue weighted by atomic mass is 16.4. The lowest BCUT2D eigenvalue weighted by Gasteiger charge is -2.27. The molecule has 0 saturated heterocycles. The first kappa shape index (κ1) is 30.2. The molecule has 5 atom stereocenters. The molecule has 0 fully saturated rings. The van der Waals surface area contributed by atoms with Crippen molar-refractivity contribution in [1.29, 1.82) is 0 Å². The Hall–Kier alpha value is -2.77. The molecule has 33 heavy (non-hydrogen) atoms. The predicted molar refractivity (Wildman–Crippen MR) is 119 cm³/mol. The molecule has 13 nitrogen and oxygen atoms in total. The maximum atomic E-state index is 12.7. The second-order valence-electron chi connectivity index (χ2n) is 7.91. The number of carbonyl (C=O) groups excluding carboxylic acids is 4. The summed E-state index contributed by atoms with van der Waals surface area (Å²) in [5, 5.41) is 26.0. The average Bonchev–Trinajstić information content (AvgIpc) is 2.76. The SMILES string of the molecule is CCC(C)C(NC(=O)C(CO)NC(=O)C(N)CCCCN)C(=O)NC(CCC(N)=O)C(=O)O. The third kappa shape index (κ3) is 11.6. The highest BCUT2D eigenvalue weighted by Gasteiger charge is 2.32. The Morgan fingerprint density at radius 2 is 1.52 bits per heavy atom. The van der Waals surface area contributed by atoms with E-state index >= 15 is 0 Å². The minimum atomic E-state index is -1.38. The molecule has 0 aliphatic rings. The molecular formula is C20H38N6O7. The van der Waals surface area contributed by atoms with E-state index in [1.54, 1.807) is 13.8 Å². The van der Waals surface area contributed by atoms with Gasteiger partial charge in [0, 0.05) is 6.42 Å². The molecular weight excluding hydrogens is 436 g/mol. The highest BCUT2D eigenvalue weighted by Crippen LogP contribution is 2.10. The van der Waals surface area contributed by atoms with Crippen LogP contribution < -0.4 is 33.2 Å². The topological polar surface area (TPSA) is 240 Å². The number of primary amides is 1. The van der Waals surface area contributed by atoms with E-state index in [-0.39, 0.29) is 12.8 Å². The molecule has 0 aliphatic carbocycles. The number of nitrogens with one attached hydrogen (secondary N) is 3. The van der Waals surface area contributed by atoms with E-state index in [1.807, 2.05) is 0 Å². The van der Waals surface area contributed by atoms with Crippen LogP contribution in [0.4, 0.5) is 0 Å². The summed E-state index contributed by atoms with van der Waals surface area (Å²) in [5.41, 5.74) is 16.2. The summed E-state index contributed by atoms with van der Waals surface area (Å²) >= 11 is 0. The summed E-state index contributed by atoms with van der Waals surface area (Å²) in [6, 6.07) is -4.79. The van der Waals surface area contributed by atoms with Crippen molar-refractivity contribution in [3.63, 3.8) is 0 Å². The number of unbranched alkanes of at least 4 members (excludes halogenated alkanes) is 1. The fraction of sp³-hybridized carbons (Fsp3) is 0.750. The van der Waals surface area contributed by atoms with Gasteiger partial charge in [0.05, 0.1) is 12.6 Å². The van der Waals surface area contributed by atoms with Crippen LogP contribution in [0.3, 0.4) is 0 Å². The third-order valence-electron chi connectivity index (χ3n) is 5.21. The number of amides is 4. The summed E-state index contributed by atoms with van der Waals surface area (Å²) in [6.45, 7) is 3.16. The number of carbonyl (C=O) groups is 5. The first-order chi connectivity index (χ1) is 15.5. The first-order valence-corrected chi connectivity index (χ1v) is 11.0. The smallest absolute Gasteiger partial charge is 0.326 e. The number of aliphatic hydroxyl groups excluding tert-OH is 1. The van der Waals surface area contributed by atoms with E-state index in [4.69, 9.17) is 17.2 Å². The average molecular weight is 475 g/mol. The number of carboxylic acids is 1. The van der Waals surface area contributed by atoms with Gasteiger partial charge in [-0.1, -0.05) is 26.7 Å². The zero-order valence-corrected chi connectivity index (χ0v) is 19.2. The zero-order valence-electron chi connectivity index (χ0n) is 19.2. The predicted octanol–water partition coefficient (Wildman–Crippen LogP) is -2.71. The number of rotatable bonds is 17. The van der Waals surface area contributed by atoms with Crippen molar-refractivity contribution >= 4 is 29.6 Å². The van der Waals surface area contributed by atoms with Crippen molar-refractivity contribution in [1.82, 2.24) is 16.0 Å². The Morgan fingerprint density at radius 1 is 0.909 bits per heavy atom. The molecule has 0 saturated carbocycles. The van der Waals surface area contributed by atoms with Crippen LogP contribution >= 0.6 is 0 Å². The molecule has 13 heteroatoms. The molecule has 0 bridgehead atoms. The van der Waals surface area contributed by atoms with Gasteiger partial charge in [-0.05, 0) is 31.7 Å². The van der Waals surface area contributed by atoms with Gasteiger partial charge >= 0.3 is 5.97 Å². The van der Waals surface area contributed by atoms with Crippen molar-refractivity contribution in [2.24, 2.45) is 23.1 Å². The van der Waals surface area contributed by atoms with E-state index in [0.29, 0.717) is 32.2 Å². The van der Waals surface area contributed by atoms with Crippen LogP contribution in [0.25, 0.3) is 0 Å². The van der Waals surface area contributed by atoms with E-state index in [1.165, 1.54) is 0 Å². The van der Waals surface area contributed by atoms with E-state index in [2.05, 4.69) is 16.0 Å². The van der Waals surface area contributed by atoms with Crippen LogP contribution in [0, 0.1) is 5.92 Å². The van der Waals surface area contributed by atoms with Gasteiger partial charge in [-0.3, -0.25) is 19.2 Å². The first-order valence-electron chi connectivity index (χ1n) is 11.0. The normalized spacial score (nSPS) is 15.4. The second-order valence-corrected chi connectivity index (χ2v) is 7.91. The fourth-order valence-corrected chi connectivity index (χ4v) is 2.87. The Labute approximate surface area is 193 Å². The fourth-order valence-electron chi connectivity index (χ4n) is 2.87. The number of carboxylic acid groups (broad SMARTS) is 1. The molecule has 0 spiro atoms. The molecule has 0 radical (unpaired) electrons. The van der Waals surface area contributed by atoms with E-state index in [0.717, 1.165) is 0 Å². The standard InChI is InChI=1S/C20H38N6O7/c1-3-11(2)16(19(31)24-13(20(32)33)7-8-15(23)28)26-18(30)14(10-27)25-17(29)12(22)6-4-5-9-21/h11-14,16,27H,3-10,21-22H2,1-2H3,(H2,23,28)(H,24,31)(H,25,29)(H,26,30)(H,32,33). The van der Waals surface area contributed by atoms with Crippen LogP contribution in [0.2, 0.25) is 0 Å².